The second kappa shape index (κ2) is 6.16. The van der Waals surface area contributed by atoms with Crippen LogP contribution in [-0.2, 0) is 0 Å². The van der Waals surface area contributed by atoms with Crippen LogP contribution in [0, 0.1) is 29.9 Å². The maximum Gasteiger partial charge on any atom is 0.146 e. The maximum absolute atomic E-state index is 13.7. The maximum atomic E-state index is 13.7. The first-order valence-corrected chi connectivity index (χ1v) is 6.26. The Morgan fingerprint density at radius 1 is 1.15 bits per heavy atom. The van der Waals surface area contributed by atoms with E-state index in [9.17, 15) is 8.78 Å². The van der Waals surface area contributed by atoms with E-state index in [1.165, 1.54) is 6.92 Å². The van der Waals surface area contributed by atoms with E-state index >= 15 is 0 Å². The Morgan fingerprint density at radius 2 is 1.85 bits per heavy atom. The monoisotopic (exact) mass is 272 g/mol. The molecule has 0 aliphatic heterocycles. The van der Waals surface area contributed by atoms with Gasteiger partial charge in [-0.15, -0.1) is 0 Å². The van der Waals surface area contributed by atoms with E-state index < -0.39 is 17.6 Å². The molecule has 0 aromatic heterocycles. The van der Waals surface area contributed by atoms with Gasteiger partial charge in [-0.1, -0.05) is 30.3 Å². The Balaban J connectivity index is 2.12. The summed E-state index contributed by atoms with van der Waals surface area (Å²) in [5.41, 5.74) is 1.17. The molecule has 0 aliphatic rings. The zero-order valence-corrected chi connectivity index (χ0v) is 11.0. The summed E-state index contributed by atoms with van der Waals surface area (Å²) in [7, 11) is 0. The fourth-order valence-electron chi connectivity index (χ4n) is 1.92. The molecule has 102 valence electrons. The summed E-state index contributed by atoms with van der Waals surface area (Å²) in [6.45, 7) is 1.73. The molecule has 0 amide bonds. The Hall–Kier alpha value is -2.41. The molecule has 0 saturated carbocycles. The number of nitrogens with zero attached hydrogens (tertiary/aromatic N) is 1. The third-order valence-electron chi connectivity index (χ3n) is 3.10. The number of rotatable bonds is 4. The zero-order chi connectivity index (χ0) is 14.5. The summed E-state index contributed by atoms with van der Waals surface area (Å²) in [6.07, 6.45) is 0. The van der Waals surface area contributed by atoms with Crippen molar-refractivity contribution in [1.82, 2.24) is 0 Å². The Morgan fingerprint density at radius 3 is 2.50 bits per heavy atom. The molecular formula is C16H14F2N2. The number of anilines is 1. The van der Waals surface area contributed by atoms with Crippen molar-refractivity contribution in [3.05, 3.63) is 65.2 Å². The van der Waals surface area contributed by atoms with E-state index in [2.05, 4.69) is 11.4 Å². The van der Waals surface area contributed by atoms with Crippen LogP contribution in [0.4, 0.5) is 14.5 Å². The second-order valence-corrected chi connectivity index (χ2v) is 4.55. The molecule has 0 bridgehead atoms. The number of nitrogens with one attached hydrogen (secondary N) is 1. The minimum Gasteiger partial charge on any atom is -0.381 e. The van der Waals surface area contributed by atoms with Crippen LogP contribution in [0.15, 0.2) is 42.5 Å². The summed E-state index contributed by atoms with van der Waals surface area (Å²) in [5, 5.41) is 12.0. The van der Waals surface area contributed by atoms with Gasteiger partial charge in [0.05, 0.1) is 17.7 Å². The molecule has 1 unspecified atom stereocenters. The third-order valence-corrected chi connectivity index (χ3v) is 3.10. The van der Waals surface area contributed by atoms with Crippen molar-refractivity contribution in [3.63, 3.8) is 0 Å². The van der Waals surface area contributed by atoms with Gasteiger partial charge in [0.25, 0.3) is 0 Å². The summed E-state index contributed by atoms with van der Waals surface area (Å²) < 4.78 is 27.1. The number of benzene rings is 2. The minimum atomic E-state index is -0.520. The van der Waals surface area contributed by atoms with Crippen LogP contribution < -0.4 is 5.32 Å². The summed E-state index contributed by atoms with van der Waals surface area (Å²) >= 11 is 0. The van der Waals surface area contributed by atoms with Gasteiger partial charge in [0.15, 0.2) is 0 Å². The summed E-state index contributed by atoms with van der Waals surface area (Å²) in [6, 6.07) is 13.6. The highest BCUT2D eigenvalue weighted by Gasteiger charge is 2.12. The quantitative estimate of drug-likeness (QED) is 0.913. The molecule has 2 rings (SSSR count). The van der Waals surface area contributed by atoms with Crippen LogP contribution >= 0.6 is 0 Å². The predicted molar refractivity (Wildman–Crippen MR) is 74.4 cm³/mol. The molecule has 2 nitrogen and oxygen atoms in total. The second-order valence-electron chi connectivity index (χ2n) is 4.55. The van der Waals surface area contributed by atoms with Crippen molar-refractivity contribution < 1.29 is 8.78 Å². The van der Waals surface area contributed by atoms with E-state index in [1.807, 2.05) is 30.3 Å². The van der Waals surface area contributed by atoms with Gasteiger partial charge >= 0.3 is 0 Å². The molecule has 0 fully saturated rings. The fraction of sp³-hybridized carbons (Fsp3) is 0.188. The standard InChI is InChI=1S/C16H14F2N2/c1-11-7-15(18)16(8-14(11)17)20-10-13(9-19)12-5-3-2-4-6-12/h2-8,13,20H,10H2,1H3. The van der Waals surface area contributed by atoms with Gasteiger partial charge in [-0.05, 0) is 24.1 Å². The normalized spacial score (nSPS) is 11.7. The largest absolute Gasteiger partial charge is 0.381 e. The lowest BCUT2D eigenvalue weighted by molar-refractivity contribution is 0.594. The van der Waals surface area contributed by atoms with Gasteiger partial charge in [-0.2, -0.15) is 5.26 Å². The van der Waals surface area contributed by atoms with Gasteiger partial charge in [0.1, 0.15) is 11.6 Å². The zero-order valence-electron chi connectivity index (χ0n) is 11.0. The smallest absolute Gasteiger partial charge is 0.146 e. The van der Waals surface area contributed by atoms with E-state index in [1.54, 1.807) is 0 Å². The van der Waals surface area contributed by atoms with Crippen molar-refractivity contribution in [3.8, 4) is 6.07 Å². The lowest BCUT2D eigenvalue weighted by Gasteiger charge is -2.13. The van der Waals surface area contributed by atoms with Crippen LogP contribution in [-0.4, -0.2) is 6.54 Å². The van der Waals surface area contributed by atoms with E-state index in [0.717, 1.165) is 17.7 Å². The lowest BCUT2D eigenvalue weighted by atomic mass is 10.0. The molecule has 0 heterocycles. The van der Waals surface area contributed by atoms with E-state index in [4.69, 9.17) is 5.26 Å². The van der Waals surface area contributed by atoms with Gasteiger partial charge in [-0.3, -0.25) is 0 Å². The Labute approximate surface area is 116 Å². The molecule has 2 aromatic carbocycles. The Kier molecular flexibility index (Phi) is 4.31. The van der Waals surface area contributed by atoms with Crippen molar-refractivity contribution >= 4 is 5.69 Å². The van der Waals surface area contributed by atoms with Crippen LogP contribution in [0.1, 0.15) is 17.0 Å². The van der Waals surface area contributed by atoms with Crippen molar-refractivity contribution in [2.45, 2.75) is 12.8 Å². The van der Waals surface area contributed by atoms with E-state index in [0.29, 0.717) is 0 Å². The number of halogens is 2. The summed E-state index contributed by atoms with van der Waals surface area (Å²) in [5.74, 6) is -1.41. The highest BCUT2D eigenvalue weighted by Crippen LogP contribution is 2.21. The van der Waals surface area contributed by atoms with Crippen LogP contribution in [0.2, 0.25) is 0 Å². The minimum absolute atomic E-state index is 0.0734. The van der Waals surface area contributed by atoms with Crippen LogP contribution in [0.3, 0.4) is 0 Å². The number of nitriles is 1. The first-order chi connectivity index (χ1) is 9.61. The van der Waals surface area contributed by atoms with Gasteiger partial charge < -0.3 is 5.32 Å². The van der Waals surface area contributed by atoms with Crippen molar-refractivity contribution in [2.24, 2.45) is 0 Å². The molecule has 0 aliphatic carbocycles. The lowest BCUT2D eigenvalue weighted by Crippen LogP contribution is -2.12. The van der Waals surface area contributed by atoms with Gasteiger partial charge in [-0.25, -0.2) is 8.78 Å². The van der Waals surface area contributed by atoms with Crippen molar-refractivity contribution in [1.29, 1.82) is 5.26 Å². The molecule has 0 saturated heterocycles. The van der Waals surface area contributed by atoms with Crippen molar-refractivity contribution in [2.75, 3.05) is 11.9 Å². The van der Waals surface area contributed by atoms with Gasteiger partial charge in [0.2, 0.25) is 0 Å². The topological polar surface area (TPSA) is 35.8 Å². The third kappa shape index (κ3) is 3.12. The average Bonchev–Trinajstić information content (AvgIpc) is 2.46. The highest BCUT2D eigenvalue weighted by atomic mass is 19.1. The fourth-order valence-corrected chi connectivity index (χ4v) is 1.92. The Bertz CT molecular complexity index is 633. The number of aryl methyl sites for hydroxylation is 1. The molecule has 4 heteroatoms. The first kappa shape index (κ1) is 14.0. The highest BCUT2D eigenvalue weighted by molar-refractivity contribution is 5.47. The molecule has 1 N–H and O–H groups in total. The predicted octanol–water partition coefficient (Wildman–Crippen LogP) is 3.99. The molecule has 0 radical (unpaired) electrons. The number of hydrogen-bond donors (Lipinski definition) is 1. The average molecular weight is 272 g/mol. The van der Waals surface area contributed by atoms with Crippen LogP contribution in [0.25, 0.3) is 0 Å². The number of hydrogen-bond acceptors (Lipinski definition) is 2. The first-order valence-electron chi connectivity index (χ1n) is 6.26. The summed E-state index contributed by atoms with van der Waals surface area (Å²) in [4.78, 5) is 0. The molecule has 20 heavy (non-hydrogen) atoms. The van der Waals surface area contributed by atoms with E-state index in [-0.39, 0.29) is 17.8 Å². The molecule has 0 spiro atoms. The van der Waals surface area contributed by atoms with Crippen LogP contribution in [0.5, 0.6) is 0 Å². The SMILES string of the molecule is Cc1cc(F)c(NCC(C#N)c2ccccc2)cc1F. The molecule has 2 aromatic rings. The van der Waals surface area contributed by atoms with Gasteiger partial charge in [0, 0.05) is 12.6 Å². The molecule has 1 atom stereocenters. The molecular weight excluding hydrogens is 258 g/mol.